The van der Waals surface area contributed by atoms with Crippen LogP contribution in [-0.4, -0.2) is 82.1 Å². The molecule has 12 nitrogen and oxygen atoms in total. The monoisotopic (exact) mass is 525 g/mol. The highest BCUT2D eigenvalue weighted by Crippen LogP contribution is 2.06. The predicted octanol–water partition coefficient (Wildman–Crippen LogP) is -1.51. The number of carboxylic acids is 1. The third-order valence-corrected chi connectivity index (χ3v) is 5.88. The molecule has 1 aromatic rings. The number of primary amides is 1. The maximum atomic E-state index is 13.0. The number of carboxylic acid groups (broad SMARTS) is 1. The van der Waals surface area contributed by atoms with Gasteiger partial charge < -0.3 is 37.6 Å². The molecule has 4 amide bonds. The Bertz CT molecular complexity index is 900. The first-order valence-electron chi connectivity index (χ1n) is 11.3. The summed E-state index contributed by atoms with van der Waals surface area (Å²) in [6, 6.07) is 3.96. The molecule has 0 fully saturated rings. The Hall–Kier alpha value is -3.16. The number of nitrogens with one attached hydrogen (secondary N) is 3. The molecule has 0 radical (unpaired) electrons. The second-order valence-corrected chi connectivity index (χ2v) is 9.26. The van der Waals surface area contributed by atoms with Crippen LogP contribution < -0.4 is 27.4 Å². The second kappa shape index (κ2) is 15.8. The molecule has 0 aliphatic heterocycles. The normalized spacial score (nSPS) is 15.0. The number of hydrogen-bond donors (Lipinski definition) is 7. The van der Waals surface area contributed by atoms with Crippen molar-refractivity contribution in [2.45, 2.75) is 62.9 Å². The molecule has 9 N–H and O–H groups in total. The highest BCUT2D eigenvalue weighted by atomic mass is 32.2. The fourth-order valence-corrected chi connectivity index (χ4v) is 3.68. The minimum atomic E-state index is -1.51. The Kier molecular flexibility index (Phi) is 13.5. The van der Waals surface area contributed by atoms with Gasteiger partial charge in [0.05, 0.1) is 12.1 Å². The lowest BCUT2D eigenvalue weighted by molar-refractivity contribution is -0.143. The first-order valence-corrected chi connectivity index (χ1v) is 12.7. The molecule has 1 rings (SSSR count). The second-order valence-electron chi connectivity index (χ2n) is 8.27. The molecule has 0 aromatic heterocycles. The first-order chi connectivity index (χ1) is 17.0. The van der Waals surface area contributed by atoms with Crippen LogP contribution in [0.25, 0.3) is 0 Å². The summed E-state index contributed by atoms with van der Waals surface area (Å²) in [6.07, 6.45) is 0.308. The molecule has 1 aromatic carbocycles. The standard InChI is InChI=1S/C23H35N5O7S/c1-13(29)19(22(33)27-17(23(34)35)10-11-36-2)28-21(32)16(8-9-18(25)30)26-20(31)15(24)12-14-6-4-3-5-7-14/h3-7,13,15-17,19,29H,8-12,24H2,1-2H3,(H2,25,30)(H,26,31)(H,27,33)(H,28,32)(H,34,35). The van der Waals surface area contributed by atoms with Crippen molar-refractivity contribution in [3.8, 4) is 0 Å². The van der Waals surface area contributed by atoms with E-state index in [0.717, 1.165) is 5.56 Å². The van der Waals surface area contributed by atoms with Crippen LogP contribution in [0.5, 0.6) is 0 Å². The van der Waals surface area contributed by atoms with Crippen molar-refractivity contribution in [2.75, 3.05) is 12.0 Å². The summed E-state index contributed by atoms with van der Waals surface area (Å²) >= 11 is 1.40. The van der Waals surface area contributed by atoms with Crippen molar-refractivity contribution < 1.29 is 34.2 Å². The van der Waals surface area contributed by atoms with E-state index in [2.05, 4.69) is 16.0 Å². The van der Waals surface area contributed by atoms with E-state index in [1.54, 1.807) is 30.5 Å². The third kappa shape index (κ3) is 11.1. The van der Waals surface area contributed by atoms with Crippen LogP contribution in [-0.2, 0) is 30.4 Å². The van der Waals surface area contributed by atoms with Gasteiger partial charge in [0.15, 0.2) is 0 Å². The molecule has 0 saturated carbocycles. The Morgan fingerprint density at radius 1 is 0.944 bits per heavy atom. The van der Waals surface area contributed by atoms with Gasteiger partial charge >= 0.3 is 5.97 Å². The van der Waals surface area contributed by atoms with Crippen LogP contribution in [0.3, 0.4) is 0 Å². The van der Waals surface area contributed by atoms with Crippen molar-refractivity contribution in [1.82, 2.24) is 16.0 Å². The summed E-state index contributed by atoms with van der Waals surface area (Å²) in [6.45, 7) is 1.25. The number of nitrogens with two attached hydrogens (primary N) is 2. The maximum absolute atomic E-state index is 13.0. The van der Waals surface area contributed by atoms with Gasteiger partial charge in [0, 0.05) is 6.42 Å². The summed E-state index contributed by atoms with van der Waals surface area (Å²) in [7, 11) is 0. The summed E-state index contributed by atoms with van der Waals surface area (Å²) in [4.78, 5) is 61.0. The van der Waals surface area contributed by atoms with Crippen molar-refractivity contribution in [2.24, 2.45) is 11.5 Å². The molecule has 5 unspecified atom stereocenters. The summed E-state index contributed by atoms with van der Waals surface area (Å²) < 4.78 is 0. The number of rotatable bonds is 16. The zero-order chi connectivity index (χ0) is 27.3. The Morgan fingerprint density at radius 2 is 1.56 bits per heavy atom. The smallest absolute Gasteiger partial charge is 0.326 e. The van der Waals surface area contributed by atoms with E-state index in [1.807, 2.05) is 6.07 Å². The number of hydrogen-bond acceptors (Lipinski definition) is 8. The number of amides is 4. The lowest BCUT2D eigenvalue weighted by atomic mass is 10.0. The number of thioether (sulfide) groups is 1. The summed E-state index contributed by atoms with van der Waals surface area (Å²) in [5, 5.41) is 26.5. The van der Waals surface area contributed by atoms with Crippen molar-refractivity contribution in [1.29, 1.82) is 0 Å². The number of aliphatic carboxylic acids is 1. The van der Waals surface area contributed by atoms with E-state index < -0.39 is 59.9 Å². The van der Waals surface area contributed by atoms with Crippen LogP contribution in [0.15, 0.2) is 30.3 Å². The largest absolute Gasteiger partial charge is 0.480 e. The summed E-state index contributed by atoms with van der Waals surface area (Å²) in [5.41, 5.74) is 12.0. The number of carbonyl (C=O) groups excluding carboxylic acids is 4. The van der Waals surface area contributed by atoms with Crippen LogP contribution in [0.4, 0.5) is 0 Å². The molecule has 0 aliphatic rings. The van der Waals surface area contributed by atoms with E-state index >= 15 is 0 Å². The van der Waals surface area contributed by atoms with Gasteiger partial charge in [-0.15, -0.1) is 0 Å². The van der Waals surface area contributed by atoms with E-state index in [9.17, 15) is 34.2 Å². The van der Waals surface area contributed by atoms with Crippen molar-refractivity contribution in [3.05, 3.63) is 35.9 Å². The van der Waals surface area contributed by atoms with E-state index in [-0.39, 0.29) is 25.7 Å². The Morgan fingerprint density at radius 3 is 2.08 bits per heavy atom. The lowest BCUT2D eigenvalue weighted by Gasteiger charge is -2.26. The number of benzene rings is 1. The molecular weight excluding hydrogens is 490 g/mol. The molecule has 0 spiro atoms. The average Bonchev–Trinajstić information content (AvgIpc) is 2.82. The molecule has 0 saturated heterocycles. The minimum Gasteiger partial charge on any atom is -0.480 e. The fourth-order valence-electron chi connectivity index (χ4n) is 3.21. The lowest BCUT2D eigenvalue weighted by Crippen LogP contribution is -2.60. The van der Waals surface area contributed by atoms with Gasteiger partial charge in [-0.25, -0.2) is 4.79 Å². The average molecular weight is 526 g/mol. The fraction of sp³-hybridized carbons (Fsp3) is 0.522. The zero-order valence-electron chi connectivity index (χ0n) is 20.3. The molecule has 200 valence electrons. The van der Waals surface area contributed by atoms with Crippen molar-refractivity contribution in [3.63, 3.8) is 0 Å². The van der Waals surface area contributed by atoms with E-state index in [4.69, 9.17) is 11.5 Å². The highest BCUT2D eigenvalue weighted by Gasteiger charge is 2.32. The number of aliphatic hydroxyl groups excluding tert-OH is 1. The van der Waals surface area contributed by atoms with Gasteiger partial charge in [0.25, 0.3) is 0 Å². The van der Waals surface area contributed by atoms with Crippen molar-refractivity contribution >= 4 is 41.4 Å². The molecule has 0 aliphatic carbocycles. The van der Waals surface area contributed by atoms with Gasteiger partial charge in [0.1, 0.15) is 18.1 Å². The topological polar surface area (TPSA) is 214 Å². The summed E-state index contributed by atoms with van der Waals surface area (Å²) in [5.74, 6) is -3.94. The molecule has 13 heteroatoms. The SMILES string of the molecule is CSCCC(NC(=O)C(NC(=O)C(CCC(N)=O)NC(=O)C(N)Cc1ccccc1)C(C)O)C(=O)O. The molecular formula is C23H35N5O7S. The van der Waals surface area contributed by atoms with Gasteiger partial charge in [-0.2, -0.15) is 11.8 Å². The van der Waals surface area contributed by atoms with Crippen LogP contribution >= 0.6 is 11.8 Å². The zero-order valence-corrected chi connectivity index (χ0v) is 21.1. The Balaban J connectivity index is 2.94. The van der Waals surface area contributed by atoms with Gasteiger partial charge in [-0.3, -0.25) is 19.2 Å². The van der Waals surface area contributed by atoms with Gasteiger partial charge in [0.2, 0.25) is 23.6 Å². The molecule has 36 heavy (non-hydrogen) atoms. The molecule has 0 heterocycles. The molecule has 0 bridgehead atoms. The molecule has 5 atom stereocenters. The van der Waals surface area contributed by atoms with Crippen LogP contribution in [0.1, 0.15) is 31.7 Å². The van der Waals surface area contributed by atoms with Gasteiger partial charge in [-0.05, 0) is 43.8 Å². The number of aliphatic hydroxyl groups is 1. The predicted molar refractivity (Wildman–Crippen MR) is 135 cm³/mol. The maximum Gasteiger partial charge on any atom is 0.326 e. The quantitative estimate of drug-likeness (QED) is 0.133. The number of carbonyl (C=O) groups is 5. The van der Waals surface area contributed by atoms with Gasteiger partial charge in [-0.1, -0.05) is 30.3 Å². The first kappa shape index (κ1) is 30.9. The highest BCUT2D eigenvalue weighted by molar-refractivity contribution is 7.98. The van der Waals surface area contributed by atoms with E-state index in [1.165, 1.54) is 18.7 Å². The van der Waals surface area contributed by atoms with Crippen LogP contribution in [0.2, 0.25) is 0 Å². The van der Waals surface area contributed by atoms with Crippen LogP contribution in [0, 0.1) is 0 Å². The van der Waals surface area contributed by atoms with E-state index in [0.29, 0.717) is 5.75 Å². The Labute approximate surface area is 213 Å². The minimum absolute atomic E-state index is 0.138. The third-order valence-electron chi connectivity index (χ3n) is 5.24.